The molecule has 8 nitrogen and oxygen atoms in total. The van der Waals surface area contributed by atoms with Gasteiger partial charge in [-0.15, -0.1) is 24.8 Å². The van der Waals surface area contributed by atoms with Gasteiger partial charge in [-0.2, -0.15) is 0 Å². The van der Waals surface area contributed by atoms with Crippen LogP contribution in [0.25, 0.3) is 0 Å². The van der Waals surface area contributed by atoms with Crippen molar-refractivity contribution in [2.75, 3.05) is 33.9 Å². The predicted octanol–water partition coefficient (Wildman–Crippen LogP) is 2.25. The molecule has 1 aliphatic rings. The van der Waals surface area contributed by atoms with Crippen molar-refractivity contribution >= 4 is 30.7 Å². The first-order valence-corrected chi connectivity index (χ1v) is 9.42. The number of carbonyl (C=O) groups is 1. The van der Waals surface area contributed by atoms with Crippen molar-refractivity contribution < 1.29 is 24.1 Å². The molecule has 3 rings (SSSR count). The molecule has 2 aromatic carbocycles. The third-order valence-corrected chi connectivity index (χ3v) is 4.91. The number of nitrogens with two attached hydrogens (primary N) is 1. The van der Waals surface area contributed by atoms with Crippen LogP contribution in [0.1, 0.15) is 22.3 Å². The summed E-state index contributed by atoms with van der Waals surface area (Å²) in [6, 6.07) is 10.3. The van der Waals surface area contributed by atoms with Gasteiger partial charge in [0, 0.05) is 25.2 Å². The first-order chi connectivity index (χ1) is 14.0. The second kappa shape index (κ2) is 12.0. The van der Waals surface area contributed by atoms with E-state index in [1.807, 2.05) is 12.1 Å². The summed E-state index contributed by atoms with van der Waals surface area (Å²) in [5.41, 5.74) is 6.09. The van der Waals surface area contributed by atoms with E-state index in [9.17, 15) is 9.90 Å². The van der Waals surface area contributed by atoms with E-state index in [-0.39, 0.29) is 37.3 Å². The molecule has 31 heavy (non-hydrogen) atoms. The minimum Gasteiger partial charge on any atom is -0.493 e. The van der Waals surface area contributed by atoms with Crippen LogP contribution in [0.15, 0.2) is 36.4 Å². The molecule has 1 heterocycles. The summed E-state index contributed by atoms with van der Waals surface area (Å²) in [6.07, 6.45) is 0.605. The highest BCUT2D eigenvalue weighted by atomic mass is 35.5. The third-order valence-electron chi connectivity index (χ3n) is 4.91. The monoisotopic (exact) mass is 473 g/mol. The van der Waals surface area contributed by atoms with Crippen molar-refractivity contribution in [2.24, 2.45) is 5.73 Å². The van der Waals surface area contributed by atoms with Crippen molar-refractivity contribution in [3.63, 3.8) is 0 Å². The van der Waals surface area contributed by atoms with E-state index in [1.54, 1.807) is 31.4 Å². The van der Waals surface area contributed by atoms with Gasteiger partial charge in [-0.05, 0) is 48.9 Å². The highest BCUT2D eigenvalue weighted by molar-refractivity contribution is 5.95. The Hall–Kier alpha value is -2.23. The topological polar surface area (TPSA) is 115 Å². The number of halogens is 2. The molecule has 1 atom stereocenters. The lowest BCUT2D eigenvalue weighted by Crippen LogP contribution is -2.44. The molecule has 0 saturated carbocycles. The molecule has 1 amide bonds. The van der Waals surface area contributed by atoms with Crippen LogP contribution in [0.3, 0.4) is 0 Å². The van der Waals surface area contributed by atoms with Gasteiger partial charge in [0.1, 0.15) is 0 Å². The van der Waals surface area contributed by atoms with Gasteiger partial charge in [-0.3, -0.25) is 4.79 Å². The van der Waals surface area contributed by atoms with Gasteiger partial charge in [0.2, 0.25) is 0 Å². The van der Waals surface area contributed by atoms with Crippen molar-refractivity contribution in [1.82, 2.24) is 10.6 Å². The van der Waals surface area contributed by atoms with E-state index < -0.39 is 5.60 Å². The molecule has 1 aliphatic heterocycles. The Morgan fingerprint density at radius 1 is 1.10 bits per heavy atom. The Bertz CT molecular complexity index is 876. The molecule has 0 bridgehead atoms. The zero-order valence-corrected chi connectivity index (χ0v) is 19.1. The third kappa shape index (κ3) is 6.62. The number of hydrogen-bond donors (Lipinski definition) is 4. The number of hydrogen-bond acceptors (Lipinski definition) is 7. The lowest BCUT2D eigenvalue weighted by Gasteiger charge is -2.21. The number of β-amino-alcohol motifs (C(OH)–C–C–N with tert-alkyl or cyclic N) is 1. The van der Waals surface area contributed by atoms with Gasteiger partial charge in [-0.25, -0.2) is 0 Å². The van der Waals surface area contributed by atoms with E-state index in [4.69, 9.17) is 19.9 Å². The van der Waals surface area contributed by atoms with Gasteiger partial charge in [0.25, 0.3) is 5.91 Å². The smallest absolute Gasteiger partial charge is 0.251 e. The molecule has 1 unspecified atom stereocenters. The fraction of sp³-hybridized carbons (Fsp3) is 0.381. The molecule has 2 aromatic rings. The fourth-order valence-electron chi connectivity index (χ4n) is 3.16. The first kappa shape index (κ1) is 26.8. The highest BCUT2D eigenvalue weighted by Crippen LogP contribution is 2.37. The molecule has 10 heteroatoms. The number of amides is 1. The number of methoxy groups -OCH3 is 2. The van der Waals surface area contributed by atoms with E-state index in [2.05, 4.69) is 10.6 Å². The Balaban J connectivity index is 0.00000240. The van der Waals surface area contributed by atoms with Crippen LogP contribution in [0, 0.1) is 0 Å². The normalized spacial score (nSPS) is 17.2. The first-order valence-electron chi connectivity index (χ1n) is 9.42. The number of carbonyl (C=O) groups excluding carboxylic acids is 1. The van der Waals surface area contributed by atoms with E-state index in [0.717, 1.165) is 12.1 Å². The number of ether oxygens (including phenoxy) is 3. The van der Waals surface area contributed by atoms with Gasteiger partial charge >= 0.3 is 0 Å². The maximum Gasteiger partial charge on any atom is 0.251 e. The van der Waals surface area contributed by atoms with E-state index >= 15 is 0 Å². The minimum atomic E-state index is -0.908. The molecule has 1 saturated heterocycles. The summed E-state index contributed by atoms with van der Waals surface area (Å²) < 4.78 is 16.7. The molecule has 0 spiro atoms. The van der Waals surface area contributed by atoms with Crippen molar-refractivity contribution in [2.45, 2.75) is 18.6 Å². The minimum absolute atomic E-state index is 0. The van der Waals surface area contributed by atoms with Gasteiger partial charge in [-0.1, -0.05) is 6.07 Å². The van der Waals surface area contributed by atoms with Crippen LogP contribution in [0.4, 0.5) is 0 Å². The van der Waals surface area contributed by atoms with Gasteiger partial charge in [0.05, 0.1) is 19.8 Å². The average molecular weight is 474 g/mol. The molecular formula is C21H29Cl2N3O5. The van der Waals surface area contributed by atoms with Crippen molar-refractivity contribution in [1.29, 1.82) is 0 Å². The molecular weight excluding hydrogens is 445 g/mol. The second-order valence-corrected chi connectivity index (χ2v) is 6.99. The van der Waals surface area contributed by atoms with Gasteiger partial charge < -0.3 is 35.7 Å². The number of aliphatic hydroxyl groups is 1. The average Bonchev–Trinajstić information content (AvgIpc) is 3.19. The summed E-state index contributed by atoms with van der Waals surface area (Å²) in [4.78, 5) is 12.5. The maximum atomic E-state index is 12.5. The number of benzene rings is 2. The molecule has 172 valence electrons. The van der Waals surface area contributed by atoms with Crippen LogP contribution in [-0.4, -0.2) is 50.5 Å². The van der Waals surface area contributed by atoms with Crippen LogP contribution in [0.5, 0.6) is 23.0 Å². The van der Waals surface area contributed by atoms with Crippen LogP contribution >= 0.6 is 24.8 Å². The predicted molar refractivity (Wildman–Crippen MR) is 123 cm³/mol. The summed E-state index contributed by atoms with van der Waals surface area (Å²) >= 11 is 0. The molecule has 0 radical (unpaired) electrons. The molecule has 1 fully saturated rings. The Labute approximate surface area is 194 Å². The largest absolute Gasteiger partial charge is 0.493 e. The van der Waals surface area contributed by atoms with E-state index in [0.29, 0.717) is 48.1 Å². The lowest BCUT2D eigenvalue weighted by atomic mass is 10.0. The lowest BCUT2D eigenvalue weighted by molar-refractivity contribution is 0.0562. The number of rotatable bonds is 8. The maximum absolute atomic E-state index is 12.5. The Morgan fingerprint density at radius 3 is 2.32 bits per heavy atom. The standard InChI is InChI=1S/C21H27N3O5.2ClH/c1-27-18-9-14(11-22)3-5-16(18)29-17-6-4-15(10-19(17)28-2)20(25)24-13-21(26)7-8-23-12-21;;/h3-6,9-10,23,26H,7-8,11-13,22H2,1-2H3,(H,24,25);2*1H. The Kier molecular flexibility index (Phi) is 10.4. The van der Waals surface area contributed by atoms with Crippen molar-refractivity contribution in [3.8, 4) is 23.0 Å². The molecule has 0 aromatic heterocycles. The Morgan fingerprint density at radius 2 is 1.74 bits per heavy atom. The summed E-state index contributed by atoms with van der Waals surface area (Å²) in [5, 5.41) is 16.2. The molecule has 0 aliphatic carbocycles. The summed E-state index contributed by atoms with van der Waals surface area (Å²) in [7, 11) is 3.06. The van der Waals surface area contributed by atoms with E-state index in [1.165, 1.54) is 7.11 Å². The quantitative estimate of drug-likeness (QED) is 0.464. The van der Waals surface area contributed by atoms with Crippen LogP contribution in [-0.2, 0) is 6.54 Å². The summed E-state index contributed by atoms with van der Waals surface area (Å²) in [6.45, 7) is 1.79. The highest BCUT2D eigenvalue weighted by Gasteiger charge is 2.31. The molecule has 5 N–H and O–H groups in total. The van der Waals surface area contributed by atoms with Crippen molar-refractivity contribution in [3.05, 3.63) is 47.5 Å². The zero-order valence-electron chi connectivity index (χ0n) is 17.5. The van der Waals surface area contributed by atoms with Gasteiger partial charge in [0.15, 0.2) is 23.0 Å². The second-order valence-electron chi connectivity index (χ2n) is 6.99. The fourth-order valence-corrected chi connectivity index (χ4v) is 3.16. The van der Waals surface area contributed by atoms with Crippen LogP contribution < -0.4 is 30.6 Å². The van der Waals surface area contributed by atoms with Crippen LogP contribution in [0.2, 0.25) is 0 Å². The zero-order chi connectivity index (χ0) is 20.9. The number of nitrogens with one attached hydrogen (secondary N) is 2. The summed E-state index contributed by atoms with van der Waals surface area (Å²) in [5.74, 6) is 1.62. The SMILES string of the molecule is COc1cc(CN)ccc1Oc1ccc(C(=O)NCC2(O)CCNC2)cc1OC.Cl.Cl.